The van der Waals surface area contributed by atoms with Crippen molar-refractivity contribution in [2.75, 3.05) is 32.8 Å². The van der Waals surface area contributed by atoms with E-state index in [2.05, 4.69) is 38.9 Å². The molecule has 3 aliphatic heterocycles. The molecule has 0 spiro atoms. The lowest BCUT2D eigenvalue weighted by atomic mass is 9.69. The Morgan fingerprint density at radius 2 is 1.60 bits per heavy atom. The summed E-state index contributed by atoms with van der Waals surface area (Å²) in [5.74, 6) is 0.453. The quantitative estimate of drug-likeness (QED) is 0.142. The van der Waals surface area contributed by atoms with Gasteiger partial charge in [-0.25, -0.2) is 14.4 Å². The van der Waals surface area contributed by atoms with Crippen LogP contribution in [0, 0.1) is 11.7 Å². The molecule has 2 fully saturated rings. The molecule has 9 rings (SSSR count). The summed E-state index contributed by atoms with van der Waals surface area (Å²) in [6, 6.07) is 24.8. The van der Waals surface area contributed by atoms with Crippen molar-refractivity contribution < 1.29 is 33.4 Å². The van der Waals surface area contributed by atoms with Gasteiger partial charge in [0.05, 0.1) is 35.8 Å². The summed E-state index contributed by atoms with van der Waals surface area (Å²) in [5, 5.41) is 12.8. The standard InChI is InChI=1S/C46H42FN5O6/c1-27-2-17-41(44(54)50-27)52-45(55)38-15-8-32(21-39(38)46(52)56)40-22-49-42(23-48-40)58-26-28-24-51(25-28)18-19-57-35-12-5-30(6-13-35)43-36(29-3-9-33(47)10-4-29)14-7-31-20-34(53)11-16-37(31)43/h3-6,8-13,15-16,20-23,28,36,41,43,53H,1-2,7,14,17-19,24-26H2,(H,50,54)/t36-,41?,43+/m0/s1. The van der Waals surface area contributed by atoms with E-state index in [1.807, 2.05) is 36.4 Å². The number of amides is 3. The lowest BCUT2D eigenvalue weighted by molar-refractivity contribution is -0.125. The number of fused-ring (bicyclic) bond motifs is 2. The van der Waals surface area contributed by atoms with E-state index < -0.39 is 23.8 Å². The molecule has 12 heteroatoms. The van der Waals surface area contributed by atoms with Gasteiger partial charge in [0.25, 0.3) is 11.8 Å². The van der Waals surface area contributed by atoms with Crippen LogP contribution in [-0.4, -0.2) is 81.5 Å². The first-order chi connectivity index (χ1) is 28.2. The smallest absolute Gasteiger partial charge is 0.262 e. The topological polar surface area (TPSA) is 134 Å². The molecule has 58 heavy (non-hydrogen) atoms. The molecule has 3 amide bonds. The van der Waals surface area contributed by atoms with Crippen molar-refractivity contribution in [3.05, 3.63) is 149 Å². The number of benzene rings is 4. The van der Waals surface area contributed by atoms with Crippen LogP contribution in [0.5, 0.6) is 17.4 Å². The van der Waals surface area contributed by atoms with Crippen molar-refractivity contribution in [2.45, 2.75) is 43.6 Å². The van der Waals surface area contributed by atoms with Crippen molar-refractivity contribution in [3.8, 4) is 28.6 Å². The maximum Gasteiger partial charge on any atom is 0.262 e. The molecule has 1 aliphatic carbocycles. The number of phenols is 1. The second-order valence-electron chi connectivity index (χ2n) is 15.5. The van der Waals surface area contributed by atoms with Crippen LogP contribution in [0.15, 0.2) is 110 Å². The second kappa shape index (κ2) is 15.5. The molecule has 2 saturated heterocycles. The molecule has 4 heterocycles. The third-order valence-corrected chi connectivity index (χ3v) is 11.8. The Kier molecular flexibility index (Phi) is 9.94. The second-order valence-corrected chi connectivity index (χ2v) is 15.5. The normalized spacial score (nSPS) is 20.6. The maximum atomic E-state index is 13.8. The molecule has 1 aromatic heterocycles. The van der Waals surface area contributed by atoms with Gasteiger partial charge in [0, 0.05) is 42.7 Å². The molecule has 0 saturated carbocycles. The molecule has 0 radical (unpaired) electrons. The molecule has 5 aromatic rings. The summed E-state index contributed by atoms with van der Waals surface area (Å²) in [6.45, 7) is 7.37. The van der Waals surface area contributed by atoms with Crippen LogP contribution in [0.25, 0.3) is 11.3 Å². The fourth-order valence-corrected chi connectivity index (χ4v) is 8.77. The average molecular weight is 780 g/mol. The fourth-order valence-electron chi connectivity index (χ4n) is 8.77. The van der Waals surface area contributed by atoms with Crippen molar-refractivity contribution in [1.82, 2.24) is 25.1 Å². The van der Waals surface area contributed by atoms with Gasteiger partial charge in [-0.05, 0) is 102 Å². The fraction of sp³-hybridized carbons (Fsp3) is 0.283. The molecule has 11 nitrogen and oxygen atoms in total. The van der Waals surface area contributed by atoms with Crippen molar-refractivity contribution in [2.24, 2.45) is 5.92 Å². The van der Waals surface area contributed by atoms with Gasteiger partial charge in [-0.15, -0.1) is 0 Å². The maximum absolute atomic E-state index is 13.8. The van der Waals surface area contributed by atoms with Crippen molar-refractivity contribution in [1.29, 1.82) is 0 Å². The summed E-state index contributed by atoms with van der Waals surface area (Å²) in [6.07, 6.45) is 5.73. The lowest BCUT2D eigenvalue weighted by Crippen LogP contribution is -2.51. The first-order valence-corrected chi connectivity index (χ1v) is 19.7. The van der Waals surface area contributed by atoms with E-state index in [1.54, 1.807) is 36.7 Å². The SMILES string of the molecule is C=C1CCC(N2C(=O)c3ccc(-c4cnc(OCC5CN(CCOc6ccc([C@H]7c8ccc(O)cc8CC[C@H]7c7ccc(F)cc7)cc6)C5)cn4)cc3C2=O)C(=O)N1. The Morgan fingerprint density at radius 3 is 2.36 bits per heavy atom. The monoisotopic (exact) mass is 779 g/mol. The number of rotatable bonds is 11. The van der Waals surface area contributed by atoms with E-state index in [1.165, 1.54) is 17.7 Å². The number of phenolic OH excluding ortho intramolecular Hbond substituents is 1. The Labute approximate surface area is 335 Å². The summed E-state index contributed by atoms with van der Waals surface area (Å²) < 4.78 is 25.9. The summed E-state index contributed by atoms with van der Waals surface area (Å²) >= 11 is 0. The number of halogens is 1. The van der Waals surface area contributed by atoms with E-state index >= 15 is 0 Å². The van der Waals surface area contributed by atoms with Crippen molar-refractivity contribution >= 4 is 17.7 Å². The van der Waals surface area contributed by atoms with Crippen LogP contribution < -0.4 is 14.8 Å². The van der Waals surface area contributed by atoms with E-state index in [4.69, 9.17) is 9.47 Å². The number of carbonyl (C=O) groups excluding carboxylic acids is 3. The molecule has 1 unspecified atom stereocenters. The zero-order valence-electron chi connectivity index (χ0n) is 31.8. The first-order valence-electron chi connectivity index (χ1n) is 19.7. The highest BCUT2D eigenvalue weighted by Crippen LogP contribution is 2.47. The zero-order chi connectivity index (χ0) is 39.9. The molecular formula is C46H42FN5O6. The molecular weight excluding hydrogens is 738 g/mol. The largest absolute Gasteiger partial charge is 0.508 e. The Morgan fingerprint density at radius 1 is 0.828 bits per heavy atom. The Hall–Kier alpha value is -6.40. The van der Waals surface area contributed by atoms with E-state index in [0.717, 1.165) is 59.8 Å². The number of aromatic hydroxyl groups is 1. The highest BCUT2D eigenvalue weighted by atomic mass is 19.1. The predicted molar refractivity (Wildman–Crippen MR) is 213 cm³/mol. The zero-order valence-corrected chi connectivity index (χ0v) is 31.8. The summed E-state index contributed by atoms with van der Waals surface area (Å²) in [5.41, 5.74) is 6.83. The highest BCUT2D eigenvalue weighted by Gasteiger charge is 2.44. The first kappa shape index (κ1) is 37.2. The third kappa shape index (κ3) is 7.31. The van der Waals surface area contributed by atoms with Gasteiger partial charge in [0.2, 0.25) is 11.8 Å². The minimum absolute atomic E-state index is 0.0744. The Bertz CT molecular complexity index is 2400. The molecule has 2 N–H and O–H groups in total. The number of hydrogen-bond donors (Lipinski definition) is 2. The lowest BCUT2D eigenvalue weighted by Gasteiger charge is -2.38. The number of aryl methyl sites for hydroxylation is 1. The number of likely N-dealkylation sites (tertiary alicyclic amines) is 1. The van der Waals surface area contributed by atoms with Gasteiger partial charge in [0.1, 0.15) is 30.0 Å². The van der Waals surface area contributed by atoms with Gasteiger partial charge < -0.3 is 19.9 Å². The van der Waals surface area contributed by atoms with E-state index in [-0.39, 0.29) is 34.5 Å². The number of hydrogen-bond acceptors (Lipinski definition) is 9. The van der Waals surface area contributed by atoms with Gasteiger partial charge in [-0.1, -0.05) is 43.0 Å². The van der Waals surface area contributed by atoms with Gasteiger partial charge >= 0.3 is 0 Å². The molecule has 4 aromatic carbocycles. The van der Waals surface area contributed by atoms with Crippen molar-refractivity contribution in [3.63, 3.8) is 0 Å². The van der Waals surface area contributed by atoms with Crippen LogP contribution in [0.2, 0.25) is 0 Å². The number of piperidine rings is 1. The van der Waals surface area contributed by atoms with Gasteiger partial charge in [-0.3, -0.25) is 24.2 Å². The summed E-state index contributed by atoms with van der Waals surface area (Å²) in [4.78, 5) is 51.2. The van der Waals surface area contributed by atoms with Crippen LogP contribution in [0.3, 0.4) is 0 Å². The molecule has 4 aliphatic rings. The molecule has 3 atom stereocenters. The number of nitrogens with one attached hydrogen (secondary N) is 1. The number of aromatic nitrogens is 2. The average Bonchev–Trinajstić information content (AvgIpc) is 3.46. The molecule has 294 valence electrons. The Balaban J connectivity index is 0.742. The number of nitrogens with zero attached hydrogens (tertiary/aromatic N) is 4. The third-order valence-electron chi connectivity index (χ3n) is 11.8. The van der Waals surface area contributed by atoms with Crippen LogP contribution in [-0.2, 0) is 11.2 Å². The minimum atomic E-state index is -0.868. The number of carbonyl (C=O) groups is 3. The van der Waals surface area contributed by atoms with E-state index in [9.17, 15) is 23.9 Å². The van der Waals surface area contributed by atoms with Gasteiger partial charge in [0.15, 0.2) is 0 Å². The van der Waals surface area contributed by atoms with Crippen LogP contribution in [0.4, 0.5) is 4.39 Å². The van der Waals surface area contributed by atoms with Gasteiger partial charge in [-0.2, -0.15) is 0 Å². The number of ether oxygens (including phenoxy) is 2. The summed E-state index contributed by atoms with van der Waals surface area (Å²) in [7, 11) is 0. The van der Waals surface area contributed by atoms with E-state index in [0.29, 0.717) is 54.8 Å². The highest BCUT2D eigenvalue weighted by molar-refractivity contribution is 6.23. The number of allylic oxidation sites excluding steroid dienone is 1. The number of imide groups is 1. The van der Waals surface area contributed by atoms with Crippen LogP contribution >= 0.6 is 0 Å². The molecule has 0 bridgehead atoms. The van der Waals surface area contributed by atoms with Crippen LogP contribution in [0.1, 0.15) is 74.1 Å². The minimum Gasteiger partial charge on any atom is -0.508 e. The predicted octanol–water partition coefficient (Wildman–Crippen LogP) is 6.63.